The Bertz CT molecular complexity index is 184. The first kappa shape index (κ1) is 9.69. The van der Waals surface area contributed by atoms with Gasteiger partial charge >= 0.3 is 0 Å². The second-order valence-electron chi connectivity index (χ2n) is 2.23. The van der Waals surface area contributed by atoms with Crippen molar-refractivity contribution < 1.29 is 4.79 Å². The Hall–Kier alpha value is -1.31. The van der Waals surface area contributed by atoms with Crippen molar-refractivity contribution >= 4 is 12.5 Å². The monoisotopic (exact) mass is 151 g/mol. The summed E-state index contributed by atoms with van der Waals surface area (Å²) in [4.78, 5) is 10.1. The number of carbonyl (C=O) groups excluding carboxylic acids is 1. The molecule has 2 heteroatoms. The van der Waals surface area contributed by atoms with Crippen molar-refractivity contribution in [1.82, 2.24) is 0 Å². The summed E-state index contributed by atoms with van der Waals surface area (Å²) in [6.45, 7) is 2.00. The molecule has 2 nitrogen and oxygen atoms in total. The van der Waals surface area contributed by atoms with Crippen molar-refractivity contribution in [3.8, 4) is 0 Å². The van der Waals surface area contributed by atoms with E-state index in [1.165, 1.54) is 5.69 Å². The van der Waals surface area contributed by atoms with Crippen LogP contribution in [-0.2, 0) is 4.79 Å². The lowest BCUT2D eigenvalue weighted by atomic mass is 10.3. The van der Waals surface area contributed by atoms with E-state index in [1.807, 2.05) is 39.1 Å². The maximum atomic E-state index is 8.00. The van der Waals surface area contributed by atoms with Crippen LogP contribution in [0.25, 0.3) is 0 Å². The molecule has 0 amide bonds. The van der Waals surface area contributed by atoms with Gasteiger partial charge in [0.1, 0.15) is 6.79 Å². The van der Waals surface area contributed by atoms with Gasteiger partial charge in [-0.25, -0.2) is 0 Å². The molecule has 1 aromatic rings. The molecule has 60 valence electrons. The summed E-state index contributed by atoms with van der Waals surface area (Å²) in [6.07, 6.45) is 0. The van der Waals surface area contributed by atoms with Gasteiger partial charge in [-0.1, -0.05) is 18.2 Å². The Morgan fingerprint density at radius 2 is 1.55 bits per heavy atom. The number of anilines is 1. The van der Waals surface area contributed by atoms with Crippen molar-refractivity contribution in [3.63, 3.8) is 0 Å². The Balaban J connectivity index is 0.000000461. The van der Waals surface area contributed by atoms with Crippen molar-refractivity contribution in [2.45, 2.75) is 0 Å². The quantitative estimate of drug-likeness (QED) is 0.607. The van der Waals surface area contributed by atoms with Gasteiger partial charge in [0.25, 0.3) is 0 Å². The molecule has 0 aliphatic rings. The summed E-state index contributed by atoms with van der Waals surface area (Å²) in [5.74, 6) is 0. The number of hydrogen-bond donors (Lipinski definition) is 0. The molecule has 0 aromatic heterocycles. The highest BCUT2D eigenvalue weighted by atomic mass is 16.1. The van der Waals surface area contributed by atoms with E-state index < -0.39 is 0 Å². The first-order valence-electron chi connectivity index (χ1n) is 3.32. The van der Waals surface area contributed by atoms with Crippen molar-refractivity contribution in [2.24, 2.45) is 0 Å². The van der Waals surface area contributed by atoms with E-state index in [-0.39, 0.29) is 0 Å². The molecule has 11 heavy (non-hydrogen) atoms. The lowest BCUT2D eigenvalue weighted by Gasteiger charge is -2.10. The molecule has 0 radical (unpaired) electrons. The minimum Gasteiger partial charge on any atom is -0.378 e. The molecule has 1 aromatic carbocycles. The van der Waals surface area contributed by atoms with Gasteiger partial charge in [-0.15, -0.1) is 0 Å². The van der Waals surface area contributed by atoms with Crippen LogP contribution in [-0.4, -0.2) is 20.9 Å². The molecule has 0 spiro atoms. The molecule has 0 bridgehead atoms. The third-order valence-electron chi connectivity index (χ3n) is 1.27. The second-order valence-corrected chi connectivity index (χ2v) is 2.23. The maximum Gasteiger partial charge on any atom is 0.106 e. The fraction of sp³-hybridized carbons (Fsp3) is 0.222. The van der Waals surface area contributed by atoms with Crippen molar-refractivity contribution in [2.75, 3.05) is 19.0 Å². The summed E-state index contributed by atoms with van der Waals surface area (Å²) in [7, 11) is 4.07. The van der Waals surface area contributed by atoms with E-state index in [1.54, 1.807) is 0 Å². The molecule has 0 atom stereocenters. The van der Waals surface area contributed by atoms with E-state index in [0.29, 0.717) is 0 Å². The number of para-hydroxylation sites is 1. The van der Waals surface area contributed by atoms with Gasteiger partial charge in [-0.2, -0.15) is 0 Å². The normalized spacial score (nSPS) is 7.82. The van der Waals surface area contributed by atoms with Gasteiger partial charge in [0.05, 0.1) is 0 Å². The third kappa shape index (κ3) is 3.40. The predicted octanol–water partition coefficient (Wildman–Crippen LogP) is 1.57. The smallest absolute Gasteiger partial charge is 0.106 e. The van der Waals surface area contributed by atoms with E-state index >= 15 is 0 Å². The first-order valence-corrected chi connectivity index (χ1v) is 3.32. The summed E-state index contributed by atoms with van der Waals surface area (Å²) in [5, 5.41) is 0. The van der Waals surface area contributed by atoms with E-state index in [4.69, 9.17) is 4.79 Å². The number of nitrogens with zero attached hydrogens (tertiary/aromatic N) is 1. The molecule has 0 saturated heterocycles. The molecule has 1 rings (SSSR count). The largest absolute Gasteiger partial charge is 0.378 e. The van der Waals surface area contributed by atoms with E-state index in [2.05, 4.69) is 17.0 Å². The lowest BCUT2D eigenvalue weighted by molar-refractivity contribution is -0.0979. The zero-order valence-corrected chi connectivity index (χ0v) is 6.95. The average Bonchev–Trinajstić information content (AvgIpc) is 2.10. The topological polar surface area (TPSA) is 20.3 Å². The van der Waals surface area contributed by atoms with Gasteiger partial charge in [0.2, 0.25) is 0 Å². The van der Waals surface area contributed by atoms with Gasteiger partial charge in [0.15, 0.2) is 0 Å². The van der Waals surface area contributed by atoms with Crippen LogP contribution in [0.15, 0.2) is 30.3 Å². The third-order valence-corrected chi connectivity index (χ3v) is 1.27. The van der Waals surface area contributed by atoms with Gasteiger partial charge < -0.3 is 9.69 Å². The highest BCUT2D eigenvalue weighted by molar-refractivity contribution is 5.43. The Morgan fingerprint density at radius 3 is 1.82 bits per heavy atom. The summed E-state index contributed by atoms with van der Waals surface area (Å²) in [5.41, 5.74) is 1.25. The number of carbonyl (C=O) groups is 1. The van der Waals surface area contributed by atoms with Gasteiger partial charge in [-0.3, -0.25) is 0 Å². The van der Waals surface area contributed by atoms with Crippen LogP contribution in [0, 0.1) is 0 Å². The Kier molecular flexibility index (Phi) is 4.82. The van der Waals surface area contributed by atoms with Crippen LogP contribution >= 0.6 is 0 Å². The van der Waals surface area contributed by atoms with Crippen molar-refractivity contribution in [3.05, 3.63) is 30.3 Å². The molecular formula is C9H13NO. The summed E-state index contributed by atoms with van der Waals surface area (Å²) in [6, 6.07) is 10.3. The lowest BCUT2D eigenvalue weighted by Crippen LogP contribution is -2.07. The van der Waals surface area contributed by atoms with Gasteiger partial charge in [-0.05, 0) is 12.1 Å². The van der Waals surface area contributed by atoms with E-state index in [0.717, 1.165) is 0 Å². The minimum absolute atomic E-state index is 1.25. The molecule has 0 unspecified atom stereocenters. The standard InChI is InChI=1S/C8H11N.CH2O/c1-9(2)8-6-4-3-5-7-8;1-2/h3-7H,1-2H3;1H2. The average molecular weight is 151 g/mol. The Morgan fingerprint density at radius 1 is 1.09 bits per heavy atom. The SMILES string of the molecule is C=O.CN(C)c1ccccc1. The fourth-order valence-corrected chi connectivity index (χ4v) is 0.726. The first-order chi connectivity index (χ1) is 5.30. The zero-order valence-electron chi connectivity index (χ0n) is 6.95. The van der Waals surface area contributed by atoms with Crippen molar-refractivity contribution in [1.29, 1.82) is 0 Å². The maximum absolute atomic E-state index is 8.00. The van der Waals surface area contributed by atoms with Crippen LogP contribution in [0.5, 0.6) is 0 Å². The highest BCUT2D eigenvalue weighted by Gasteiger charge is 1.87. The molecule has 0 heterocycles. The molecule has 0 aliphatic heterocycles. The number of hydrogen-bond acceptors (Lipinski definition) is 2. The van der Waals surface area contributed by atoms with Crippen LogP contribution < -0.4 is 4.90 Å². The molecule has 0 saturated carbocycles. The van der Waals surface area contributed by atoms with E-state index in [9.17, 15) is 0 Å². The number of benzene rings is 1. The predicted molar refractivity (Wildman–Crippen MR) is 47.9 cm³/mol. The molecule has 0 aliphatic carbocycles. The highest BCUT2D eigenvalue weighted by Crippen LogP contribution is 2.07. The molecular weight excluding hydrogens is 138 g/mol. The van der Waals surface area contributed by atoms with Crippen LogP contribution in [0.3, 0.4) is 0 Å². The zero-order chi connectivity index (χ0) is 8.69. The molecule has 0 N–H and O–H groups in total. The Labute approximate surface area is 67.5 Å². The van der Waals surface area contributed by atoms with Crippen LogP contribution in [0.4, 0.5) is 5.69 Å². The minimum atomic E-state index is 1.25. The summed E-state index contributed by atoms with van der Waals surface area (Å²) < 4.78 is 0. The number of rotatable bonds is 1. The van der Waals surface area contributed by atoms with Crippen LogP contribution in [0.1, 0.15) is 0 Å². The summed E-state index contributed by atoms with van der Waals surface area (Å²) >= 11 is 0. The van der Waals surface area contributed by atoms with Gasteiger partial charge in [0, 0.05) is 19.8 Å². The van der Waals surface area contributed by atoms with Crippen LogP contribution in [0.2, 0.25) is 0 Å². The molecule has 0 fully saturated rings. The fourth-order valence-electron chi connectivity index (χ4n) is 0.726. The second kappa shape index (κ2) is 5.47.